The molecular formula is C15H22N4O. The van der Waals surface area contributed by atoms with Gasteiger partial charge in [0.1, 0.15) is 17.3 Å². The minimum atomic E-state index is 0.496. The van der Waals surface area contributed by atoms with Crippen LogP contribution in [0.15, 0.2) is 24.3 Å². The van der Waals surface area contributed by atoms with Crippen LogP contribution in [-0.4, -0.2) is 16.3 Å². The molecule has 0 aliphatic rings. The van der Waals surface area contributed by atoms with Crippen molar-refractivity contribution in [3.63, 3.8) is 0 Å². The third-order valence-electron chi connectivity index (χ3n) is 3.10. The number of aromatic nitrogens is 2. The molecule has 1 aromatic carbocycles. The summed E-state index contributed by atoms with van der Waals surface area (Å²) in [6.45, 7) is 4.89. The smallest absolute Gasteiger partial charge is 0.150 e. The normalized spacial score (nSPS) is 10.7. The van der Waals surface area contributed by atoms with Gasteiger partial charge in [0, 0.05) is 12.0 Å². The molecule has 20 heavy (non-hydrogen) atoms. The van der Waals surface area contributed by atoms with Crippen molar-refractivity contribution in [1.82, 2.24) is 9.66 Å². The summed E-state index contributed by atoms with van der Waals surface area (Å²) in [5, 5.41) is 0. The molecule has 0 unspecified atom stereocenters. The van der Waals surface area contributed by atoms with Crippen molar-refractivity contribution < 1.29 is 4.74 Å². The minimum absolute atomic E-state index is 0.496. The maximum absolute atomic E-state index is 6.03. The van der Waals surface area contributed by atoms with Gasteiger partial charge in [0.25, 0.3) is 0 Å². The molecule has 0 radical (unpaired) electrons. The molecule has 5 heteroatoms. The molecule has 0 aliphatic carbocycles. The van der Waals surface area contributed by atoms with Gasteiger partial charge in [-0.2, -0.15) is 0 Å². The molecular weight excluding hydrogens is 252 g/mol. The molecule has 1 aromatic heterocycles. The average Bonchev–Trinajstić information content (AvgIpc) is 2.75. The maximum Gasteiger partial charge on any atom is 0.150 e. The zero-order valence-corrected chi connectivity index (χ0v) is 12.1. The summed E-state index contributed by atoms with van der Waals surface area (Å²) in [7, 11) is 0. The lowest BCUT2D eigenvalue weighted by atomic mass is 10.1. The maximum atomic E-state index is 6.03. The molecule has 0 fully saturated rings. The van der Waals surface area contributed by atoms with E-state index < -0.39 is 0 Å². The first-order valence-corrected chi connectivity index (χ1v) is 7.02. The number of nitrogen functional groups attached to an aromatic ring is 2. The van der Waals surface area contributed by atoms with E-state index >= 15 is 0 Å². The molecule has 0 saturated heterocycles. The fraction of sp³-hybridized carbons (Fsp3) is 0.400. The van der Waals surface area contributed by atoms with Crippen LogP contribution in [0.1, 0.15) is 32.5 Å². The van der Waals surface area contributed by atoms with Gasteiger partial charge >= 0.3 is 0 Å². The first-order chi connectivity index (χ1) is 9.67. The number of hydrogen-bond donors (Lipinski definition) is 2. The third kappa shape index (κ3) is 2.87. The van der Waals surface area contributed by atoms with Gasteiger partial charge in [-0.25, -0.2) is 9.66 Å². The van der Waals surface area contributed by atoms with E-state index in [9.17, 15) is 0 Å². The molecule has 1 heterocycles. The molecule has 0 atom stereocenters. The van der Waals surface area contributed by atoms with Crippen molar-refractivity contribution in [3.05, 3.63) is 30.1 Å². The third-order valence-corrected chi connectivity index (χ3v) is 3.10. The lowest BCUT2D eigenvalue weighted by molar-refractivity contribution is 0.317. The molecule has 108 valence electrons. The van der Waals surface area contributed by atoms with Crippen LogP contribution in [0.4, 0.5) is 5.82 Å². The van der Waals surface area contributed by atoms with Gasteiger partial charge in [0.05, 0.1) is 6.61 Å². The van der Waals surface area contributed by atoms with E-state index in [1.165, 1.54) is 4.68 Å². The van der Waals surface area contributed by atoms with Gasteiger partial charge in [-0.3, -0.25) is 0 Å². The standard InChI is InChI=1S/C15H22N4O/c1-3-5-13-18-14(15(16)19(13)17)11-6-8-12(9-7-11)20-10-4-2/h6-9H,3-5,10,16-17H2,1-2H3. The second-order valence-corrected chi connectivity index (χ2v) is 4.75. The van der Waals surface area contributed by atoms with Crippen LogP contribution in [0.5, 0.6) is 5.75 Å². The molecule has 2 rings (SSSR count). The number of ether oxygens (including phenoxy) is 1. The lowest BCUT2D eigenvalue weighted by Gasteiger charge is -2.05. The fourth-order valence-corrected chi connectivity index (χ4v) is 2.03. The van der Waals surface area contributed by atoms with Gasteiger partial charge in [0.15, 0.2) is 5.82 Å². The van der Waals surface area contributed by atoms with Gasteiger partial charge in [0.2, 0.25) is 0 Å². The van der Waals surface area contributed by atoms with Crippen molar-refractivity contribution in [1.29, 1.82) is 0 Å². The van der Waals surface area contributed by atoms with E-state index in [1.807, 2.05) is 24.3 Å². The molecule has 2 aromatic rings. The van der Waals surface area contributed by atoms with Crippen LogP contribution in [-0.2, 0) is 6.42 Å². The fourth-order valence-electron chi connectivity index (χ4n) is 2.03. The molecule has 0 aliphatic heterocycles. The van der Waals surface area contributed by atoms with E-state index in [2.05, 4.69) is 18.8 Å². The predicted octanol–water partition coefficient (Wildman–Crippen LogP) is 2.59. The summed E-state index contributed by atoms with van der Waals surface area (Å²) in [6.07, 6.45) is 2.79. The summed E-state index contributed by atoms with van der Waals surface area (Å²) in [5.41, 5.74) is 7.71. The van der Waals surface area contributed by atoms with E-state index in [1.54, 1.807) is 0 Å². The number of rotatable bonds is 6. The first-order valence-electron chi connectivity index (χ1n) is 7.02. The second-order valence-electron chi connectivity index (χ2n) is 4.75. The van der Waals surface area contributed by atoms with Crippen molar-refractivity contribution in [3.8, 4) is 17.0 Å². The first kappa shape index (κ1) is 14.2. The molecule has 0 amide bonds. The number of imidazole rings is 1. The lowest BCUT2D eigenvalue weighted by Crippen LogP contribution is -2.15. The van der Waals surface area contributed by atoms with E-state index in [-0.39, 0.29) is 0 Å². The minimum Gasteiger partial charge on any atom is -0.494 e. The molecule has 0 spiro atoms. The SMILES string of the molecule is CCCOc1ccc(-c2nc(CCC)n(N)c2N)cc1. The zero-order valence-electron chi connectivity index (χ0n) is 12.1. The van der Waals surface area contributed by atoms with E-state index in [0.717, 1.165) is 48.7 Å². The monoisotopic (exact) mass is 274 g/mol. The molecule has 4 N–H and O–H groups in total. The number of nitrogens with zero attached hydrogens (tertiary/aromatic N) is 2. The Bertz CT molecular complexity index is 560. The molecule has 0 bridgehead atoms. The Labute approximate surface area is 119 Å². The number of aryl methyl sites for hydroxylation is 1. The van der Waals surface area contributed by atoms with Gasteiger partial charge in [-0.15, -0.1) is 0 Å². The van der Waals surface area contributed by atoms with Crippen molar-refractivity contribution in [2.24, 2.45) is 0 Å². The summed E-state index contributed by atoms with van der Waals surface area (Å²) < 4.78 is 7.03. The summed E-state index contributed by atoms with van der Waals surface area (Å²) in [6, 6.07) is 7.78. The summed E-state index contributed by atoms with van der Waals surface area (Å²) in [5.74, 6) is 8.09. The van der Waals surface area contributed by atoms with Crippen LogP contribution in [0.3, 0.4) is 0 Å². The Kier molecular flexibility index (Phi) is 4.50. The van der Waals surface area contributed by atoms with Crippen LogP contribution >= 0.6 is 0 Å². The van der Waals surface area contributed by atoms with E-state index in [0.29, 0.717) is 5.82 Å². The highest BCUT2D eigenvalue weighted by molar-refractivity contribution is 5.71. The topological polar surface area (TPSA) is 79.1 Å². The Balaban J connectivity index is 2.25. The quantitative estimate of drug-likeness (QED) is 0.793. The highest BCUT2D eigenvalue weighted by Gasteiger charge is 2.13. The Morgan fingerprint density at radius 3 is 2.45 bits per heavy atom. The Hall–Kier alpha value is -2.17. The number of anilines is 1. The van der Waals surface area contributed by atoms with Gasteiger partial charge < -0.3 is 16.3 Å². The number of benzene rings is 1. The molecule has 0 saturated carbocycles. The number of nitrogens with two attached hydrogens (primary N) is 2. The highest BCUT2D eigenvalue weighted by Crippen LogP contribution is 2.27. The van der Waals surface area contributed by atoms with Crippen LogP contribution in [0.25, 0.3) is 11.3 Å². The van der Waals surface area contributed by atoms with Crippen LogP contribution in [0.2, 0.25) is 0 Å². The Morgan fingerprint density at radius 2 is 1.85 bits per heavy atom. The largest absolute Gasteiger partial charge is 0.494 e. The average molecular weight is 274 g/mol. The number of hydrogen-bond acceptors (Lipinski definition) is 4. The van der Waals surface area contributed by atoms with E-state index in [4.69, 9.17) is 16.3 Å². The van der Waals surface area contributed by atoms with Crippen molar-refractivity contribution in [2.45, 2.75) is 33.1 Å². The summed E-state index contributed by atoms with van der Waals surface area (Å²) >= 11 is 0. The highest BCUT2D eigenvalue weighted by atomic mass is 16.5. The van der Waals surface area contributed by atoms with Crippen LogP contribution in [0, 0.1) is 0 Å². The zero-order chi connectivity index (χ0) is 14.5. The second kappa shape index (κ2) is 6.32. The Morgan fingerprint density at radius 1 is 1.15 bits per heavy atom. The van der Waals surface area contributed by atoms with Gasteiger partial charge in [-0.05, 0) is 37.1 Å². The molecule has 5 nitrogen and oxygen atoms in total. The van der Waals surface area contributed by atoms with Crippen LogP contribution < -0.4 is 16.3 Å². The van der Waals surface area contributed by atoms with Crippen molar-refractivity contribution >= 4 is 5.82 Å². The van der Waals surface area contributed by atoms with Gasteiger partial charge in [-0.1, -0.05) is 13.8 Å². The van der Waals surface area contributed by atoms with Crippen molar-refractivity contribution in [2.75, 3.05) is 18.2 Å². The predicted molar refractivity (Wildman–Crippen MR) is 82.0 cm³/mol. The summed E-state index contributed by atoms with van der Waals surface area (Å²) in [4.78, 5) is 4.53.